The van der Waals surface area contributed by atoms with Gasteiger partial charge in [0.15, 0.2) is 9.84 Å². The predicted octanol–water partition coefficient (Wildman–Crippen LogP) is 1.79. The first-order valence-electron chi connectivity index (χ1n) is 7.14. The van der Waals surface area contributed by atoms with Crippen LogP contribution in [-0.4, -0.2) is 41.5 Å². The normalized spacial score (nSPS) is 19.3. The van der Waals surface area contributed by atoms with Crippen LogP contribution in [0.25, 0.3) is 0 Å². The van der Waals surface area contributed by atoms with Crippen molar-refractivity contribution in [2.75, 3.05) is 27.0 Å². The summed E-state index contributed by atoms with van der Waals surface area (Å²) in [6.07, 6.45) is 5.54. The predicted molar refractivity (Wildman–Crippen MR) is 82.0 cm³/mol. The van der Waals surface area contributed by atoms with Gasteiger partial charge in [-0.25, -0.2) is 8.42 Å². The quantitative estimate of drug-likeness (QED) is 0.898. The first-order chi connectivity index (χ1) is 9.95. The van der Waals surface area contributed by atoms with E-state index in [1.54, 1.807) is 19.2 Å². The number of piperidine rings is 1. The number of methoxy groups -OCH3 is 2. The molecule has 1 aliphatic heterocycles. The lowest BCUT2D eigenvalue weighted by molar-refractivity contribution is 0.373. The maximum atomic E-state index is 11.8. The highest BCUT2D eigenvalue weighted by Gasteiger charge is 2.21. The molecule has 2 rings (SSSR count). The smallest absolute Gasteiger partial charge is 0.179 e. The molecule has 1 fully saturated rings. The van der Waals surface area contributed by atoms with Crippen molar-refractivity contribution in [1.29, 1.82) is 0 Å². The van der Waals surface area contributed by atoms with E-state index in [9.17, 15) is 8.42 Å². The standard InChI is InChI=1S/C15H23NO4S/c1-19-13-10-15(21(3,17)18)14(20-2)9-11(13)8-12-6-4-5-7-16-12/h9-10,12,16H,4-8H2,1-3H3. The Hall–Kier alpha value is -1.27. The van der Waals surface area contributed by atoms with E-state index in [1.165, 1.54) is 26.2 Å². The lowest BCUT2D eigenvalue weighted by Crippen LogP contribution is -2.35. The van der Waals surface area contributed by atoms with Crippen molar-refractivity contribution in [1.82, 2.24) is 5.32 Å². The zero-order chi connectivity index (χ0) is 15.5. The summed E-state index contributed by atoms with van der Waals surface area (Å²) in [7, 11) is -0.302. The number of hydrogen-bond donors (Lipinski definition) is 1. The van der Waals surface area contributed by atoms with Crippen LogP contribution in [0.15, 0.2) is 17.0 Å². The summed E-state index contributed by atoms with van der Waals surface area (Å²) >= 11 is 0. The van der Waals surface area contributed by atoms with Gasteiger partial charge in [0.2, 0.25) is 0 Å². The van der Waals surface area contributed by atoms with Crippen LogP contribution in [-0.2, 0) is 16.3 Å². The van der Waals surface area contributed by atoms with Crippen molar-refractivity contribution in [3.05, 3.63) is 17.7 Å². The average molecular weight is 313 g/mol. The molecule has 1 heterocycles. The molecule has 0 bridgehead atoms. The fraction of sp³-hybridized carbons (Fsp3) is 0.600. The Morgan fingerprint density at radius 3 is 2.43 bits per heavy atom. The molecule has 1 aromatic rings. The Labute approximate surface area is 126 Å². The number of sulfone groups is 1. The molecule has 0 aliphatic carbocycles. The zero-order valence-corrected chi connectivity index (χ0v) is 13.6. The minimum Gasteiger partial charge on any atom is -0.496 e. The highest BCUT2D eigenvalue weighted by atomic mass is 32.2. The van der Waals surface area contributed by atoms with E-state index in [0.717, 1.165) is 24.9 Å². The Balaban J connectivity index is 2.36. The van der Waals surface area contributed by atoms with Gasteiger partial charge < -0.3 is 14.8 Å². The molecule has 0 aromatic heterocycles. The second-order valence-electron chi connectivity index (χ2n) is 5.44. The van der Waals surface area contributed by atoms with Crippen LogP contribution >= 0.6 is 0 Å². The van der Waals surface area contributed by atoms with Crippen molar-refractivity contribution >= 4 is 9.84 Å². The second kappa shape index (κ2) is 6.66. The minimum absolute atomic E-state index is 0.169. The molecule has 5 nitrogen and oxygen atoms in total. The molecule has 21 heavy (non-hydrogen) atoms. The number of ether oxygens (including phenoxy) is 2. The maximum absolute atomic E-state index is 11.8. The second-order valence-corrected chi connectivity index (χ2v) is 7.42. The van der Waals surface area contributed by atoms with Crippen LogP contribution < -0.4 is 14.8 Å². The van der Waals surface area contributed by atoms with Crippen LogP contribution in [0.4, 0.5) is 0 Å². The third kappa shape index (κ3) is 3.89. The van der Waals surface area contributed by atoms with Crippen LogP contribution in [0.1, 0.15) is 24.8 Å². The Bertz CT molecular complexity index is 592. The third-order valence-corrected chi connectivity index (χ3v) is 4.96. The van der Waals surface area contributed by atoms with Gasteiger partial charge in [-0.3, -0.25) is 0 Å². The molecule has 1 aliphatic rings. The van der Waals surface area contributed by atoms with Gasteiger partial charge in [-0.15, -0.1) is 0 Å². The van der Waals surface area contributed by atoms with Gasteiger partial charge >= 0.3 is 0 Å². The van der Waals surface area contributed by atoms with Gasteiger partial charge in [-0.05, 0) is 37.4 Å². The molecule has 1 atom stereocenters. The summed E-state index contributed by atoms with van der Waals surface area (Å²) in [5.41, 5.74) is 0.973. The van der Waals surface area contributed by atoms with Gasteiger partial charge in [0.25, 0.3) is 0 Å². The number of benzene rings is 1. The van der Waals surface area contributed by atoms with Crippen LogP contribution in [0.5, 0.6) is 11.5 Å². The Kier molecular flexibility index (Phi) is 5.11. The van der Waals surface area contributed by atoms with E-state index in [0.29, 0.717) is 17.5 Å². The van der Waals surface area contributed by atoms with E-state index in [-0.39, 0.29) is 4.90 Å². The maximum Gasteiger partial charge on any atom is 0.179 e. The van der Waals surface area contributed by atoms with Crippen molar-refractivity contribution in [2.45, 2.75) is 36.6 Å². The molecule has 118 valence electrons. The largest absolute Gasteiger partial charge is 0.496 e. The molecule has 0 amide bonds. The number of nitrogens with one attached hydrogen (secondary N) is 1. The van der Waals surface area contributed by atoms with Gasteiger partial charge in [0.1, 0.15) is 16.4 Å². The summed E-state index contributed by atoms with van der Waals surface area (Å²) < 4.78 is 34.3. The third-order valence-electron chi connectivity index (χ3n) is 3.84. The van der Waals surface area contributed by atoms with Crippen LogP contribution in [0, 0.1) is 0 Å². The van der Waals surface area contributed by atoms with Crippen molar-refractivity contribution in [3.63, 3.8) is 0 Å². The van der Waals surface area contributed by atoms with E-state index >= 15 is 0 Å². The summed E-state index contributed by atoms with van der Waals surface area (Å²) in [5, 5.41) is 3.49. The first-order valence-corrected chi connectivity index (χ1v) is 9.03. The number of rotatable bonds is 5. The summed E-state index contributed by atoms with van der Waals surface area (Å²) in [6.45, 7) is 1.03. The molecule has 1 N–H and O–H groups in total. The van der Waals surface area contributed by atoms with Crippen molar-refractivity contribution in [3.8, 4) is 11.5 Å². The Morgan fingerprint density at radius 1 is 1.19 bits per heavy atom. The van der Waals surface area contributed by atoms with E-state index in [2.05, 4.69) is 5.32 Å². The highest BCUT2D eigenvalue weighted by Crippen LogP contribution is 2.33. The number of hydrogen-bond acceptors (Lipinski definition) is 5. The van der Waals surface area contributed by atoms with Gasteiger partial charge in [-0.2, -0.15) is 0 Å². The van der Waals surface area contributed by atoms with Crippen molar-refractivity contribution < 1.29 is 17.9 Å². The molecular weight excluding hydrogens is 290 g/mol. The highest BCUT2D eigenvalue weighted by molar-refractivity contribution is 7.90. The monoisotopic (exact) mass is 313 g/mol. The summed E-state index contributed by atoms with van der Waals surface area (Å²) in [4.78, 5) is 0.169. The molecular formula is C15H23NO4S. The SMILES string of the molecule is COc1cc(S(C)(=O)=O)c(OC)cc1CC1CCCCN1. The Morgan fingerprint density at radius 2 is 1.90 bits per heavy atom. The van der Waals surface area contributed by atoms with Gasteiger partial charge in [0, 0.05) is 18.4 Å². The molecule has 1 aromatic carbocycles. The topological polar surface area (TPSA) is 64.6 Å². The van der Waals surface area contributed by atoms with E-state index in [1.807, 2.05) is 0 Å². The van der Waals surface area contributed by atoms with Crippen LogP contribution in [0.3, 0.4) is 0 Å². The molecule has 1 unspecified atom stereocenters. The fourth-order valence-electron chi connectivity index (χ4n) is 2.75. The molecule has 0 saturated carbocycles. The zero-order valence-electron chi connectivity index (χ0n) is 12.8. The molecule has 0 radical (unpaired) electrons. The molecule has 6 heteroatoms. The van der Waals surface area contributed by atoms with E-state index in [4.69, 9.17) is 9.47 Å². The molecule has 1 saturated heterocycles. The lowest BCUT2D eigenvalue weighted by Gasteiger charge is -2.24. The van der Waals surface area contributed by atoms with Crippen LogP contribution in [0.2, 0.25) is 0 Å². The average Bonchev–Trinajstić information content (AvgIpc) is 2.46. The molecule has 0 spiro atoms. The fourth-order valence-corrected chi connectivity index (χ4v) is 3.57. The minimum atomic E-state index is -3.35. The van der Waals surface area contributed by atoms with Crippen molar-refractivity contribution in [2.24, 2.45) is 0 Å². The lowest BCUT2D eigenvalue weighted by atomic mass is 9.97. The van der Waals surface area contributed by atoms with E-state index < -0.39 is 9.84 Å². The summed E-state index contributed by atoms with van der Waals surface area (Å²) in [5.74, 6) is 0.979. The first kappa shape index (κ1) is 16.1. The van der Waals surface area contributed by atoms with Gasteiger partial charge in [-0.1, -0.05) is 6.42 Å². The van der Waals surface area contributed by atoms with Gasteiger partial charge in [0.05, 0.1) is 14.2 Å². The summed E-state index contributed by atoms with van der Waals surface area (Å²) in [6, 6.07) is 3.75.